The lowest BCUT2D eigenvalue weighted by atomic mass is 10.2. The highest BCUT2D eigenvalue weighted by atomic mass is 15.2. The van der Waals surface area contributed by atoms with E-state index in [0.717, 1.165) is 36.7 Å². The van der Waals surface area contributed by atoms with Crippen LogP contribution in [0.2, 0.25) is 0 Å². The summed E-state index contributed by atoms with van der Waals surface area (Å²) in [7, 11) is 2.06. The number of likely N-dealkylation sites (N-methyl/N-ethyl adjacent to an activating group) is 1. The minimum absolute atomic E-state index is 0.796. The van der Waals surface area contributed by atoms with Crippen molar-refractivity contribution in [2.24, 2.45) is 4.99 Å². The maximum absolute atomic E-state index is 4.57. The van der Waals surface area contributed by atoms with Crippen LogP contribution in [0.5, 0.6) is 0 Å². The number of para-hydroxylation sites is 2. The van der Waals surface area contributed by atoms with Gasteiger partial charge in [0.2, 0.25) is 0 Å². The van der Waals surface area contributed by atoms with Gasteiger partial charge in [-0.25, -0.2) is 0 Å². The van der Waals surface area contributed by atoms with E-state index in [2.05, 4.69) is 54.4 Å². The van der Waals surface area contributed by atoms with E-state index in [1.807, 2.05) is 29.3 Å². The molecule has 0 aliphatic carbocycles. The quantitative estimate of drug-likeness (QED) is 0.759. The van der Waals surface area contributed by atoms with E-state index >= 15 is 0 Å². The Balaban J connectivity index is 2.39. The van der Waals surface area contributed by atoms with E-state index in [9.17, 15) is 0 Å². The summed E-state index contributed by atoms with van der Waals surface area (Å²) in [5, 5.41) is 0. The second-order valence-corrected chi connectivity index (χ2v) is 4.64. The first-order valence-electron chi connectivity index (χ1n) is 6.81. The third-order valence-corrected chi connectivity index (χ3v) is 3.22. The summed E-state index contributed by atoms with van der Waals surface area (Å²) in [6.45, 7) is 9.36. The largest absolute Gasteiger partial charge is 0.369 e. The standard InChI is InChI=1S/C17H21N3/c1-4-14-19(3)15-10-6-7-11-16(15)20(5-2)17-12-8-9-13-18-17/h4-8,10-12H,1-2,9,13-14H2,3H3. The van der Waals surface area contributed by atoms with Crippen molar-refractivity contribution in [2.45, 2.75) is 6.42 Å². The number of hydrogen-bond acceptors (Lipinski definition) is 3. The van der Waals surface area contributed by atoms with Gasteiger partial charge in [0.1, 0.15) is 5.84 Å². The molecular weight excluding hydrogens is 246 g/mol. The average molecular weight is 267 g/mol. The molecule has 20 heavy (non-hydrogen) atoms. The van der Waals surface area contributed by atoms with Gasteiger partial charge in [-0.05, 0) is 24.6 Å². The number of benzene rings is 1. The Bertz CT molecular complexity index is 543. The Kier molecular flexibility index (Phi) is 4.77. The predicted octanol–water partition coefficient (Wildman–Crippen LogP) is 3.62. The molecule has 0 N–H and O–H groups in total. The zero-order valence-corrected chi connectivity index (χ0v) is 12.0. The van der Waals surface area contributed by atoms with Crippen LogP contribution in [0.25, 0.3) is 0 Å². The van der Waals surface area contributed by atoms with Gasteiger partial charge < -0.3 is 9.80 Å². The fourth-order valence-electron chi connectivity index (χ4n) is 2.25. The summed E-state index contributed by atoms with van der Waals surface area (Å²) in [6, 6.07) is 8.26. The smallest absolute Gasteiger partial charge is 0.131 e. The number of nitrogens with zero attached hydrogens (tertiary/aromatic N) is 3. The number of rotatable bonds is 5. The van der Waals surface area contributed by atoms with E-state index in [1.54, 1.807) is 0 Å². The van der Waals surface area contributed by atoms with Crippen molar-refractivity contribution >= 4 is 17.2 Å². The second-order valence-electron chi connectivity index (χ2n) is 4.64. The minimum Gasteiger partial charge on any atom is -0.369 e. The topological polar surface area (TPSA) is 18.8 Å². The van der Waals surface area contributed by atoms with E-state index in [-0.39, 0.29) is 0 Å². The van der Waals surface area contributed by atoms with Crippen molar-refractivity contribution in [1.29, 1.82) is 0 Å². The van der Waals surface area contributed by atoms with Crippen molar-refractivity contribution in [1.82, 2.24) is 0 Å². The summed E-state index contributed by atoms with van der Waals surface area (Å²) in [6.07, 6.45) is 8.92. The Morgan fingerprint density at radius 3 is 2.60 bits per heavy atom. The van der Waals surface area contributed by atoms with Crippen LogP contribution in [0.1, 0.15) is 6.42 Å². The molecule has 0 aromatic heterocycles. The van der Waals surface area contributed by atoms with Crippen molar-refractivity contribution in [2.75, 3.05) is 29.9 Å². The van der Waals surface area contributed by atoms with Crippen LogP contribution in [0.3, 0.4) is 0 Å². The monoisotopic (exact) mass is 267 g/mol. The van der Waals surface area contributed by atoms with Gasteiger partial charge in [-0.2, -0.15) is 0 Å². The molecule has 3 nitrogen and oxygen atoms in total. The van der Waals surface area contributed by atoms with Gasteiger partial charge in [0.25, 0.3) is 0 Å². The summed E-state index contributed by atoms with van der Waals surface area (Å²) < 4.78 is 0. The molecule has 1 aromatic carbocycles. The molecule has 0 amide bonds. The maximum atomic E-state index is 4.57. The molecule has 2 rings (SSSR count). The van der Waals surface area contributed by atoms with Gasteiger partial charge in [0.05, 0.1) is 11.4 Å². The summed E-state index contributed by atoms with van der Waals surface area (Å²) in [4.78, 5) is 8.76. The molecule has 0 fully saturated rings. The van der Waals surface area contributed by atoms with Crippen LogP contribution < -0.4 is 9.80 Å². The molecule has 1 heterocycles. The Morgan fingerprint density at radius 2 is 2.00 bits per heavy atom. The van der Waals surface area contributed by atoms with Crippen LogP contribution in [-0.2, 0) is 0 Å². The van der Waals surface area contributed by atoms with Crippen LogP contribution in [0, 0.1) is 0 Å². The predicted molar refractivity (Wildman–Crippen MR) is 88.6 cm³/mol. The Labute approximate surface area is 121 Å². The second kappa shape index (κ2) is 6.75. The van der Waals surface area contributed by atoms with E-state index in [4.69, 9.17) is 0 Å². The number of anilines is 2. The lowest BCUT2D eigenvalue weighted by Gasteiger charge is -2.28. The molecule has 3 heteroatoms. The van der Waals surface area contributed by atoms with Crippen molar-refractivity contribution in [3.63, 3.8) is 0 Å². The third kappa shape index (κ3) is 2.99. The molecule has 1 aliphatic heterocycles. The zero-order valence-electron chi connectivity index (χ0n) is 12.0. The highest BCUT2D eigenvalue weighted by Crippen LogP contribution is 2.29. The van der Waals surface area contributed by atoms with Crippen molar-refractivity contribution < 1.29 is 0 Å². The number of amidine groups is 1. The van der Waals surface area contributed by atoms with Crippen molar-refractivity contribution in [3.05, 3.63) is 61.9 Å². The minimum atomic E-state index is 0.796. The van der Waals surface area contributed by atoms with Gasteiger partial charge >= 0.3 is 0 Å². The van der Waals surface area contributed by atoms with Crippen LogP contribution in [0.15, 0.2) is 66.8 Å². The highest BCUT2D eigenvalue weighted by molar-refractivity contribution is 6.09. The van der Waals surface area contributed by atoms with Crippen LogP contribution in [0.4, 0.5) is 11.4 Å². The number of aliphatic imine (C=N–C) groups is 1. The lowest BCUT2D eigenvalue weighted by molar-refractivity contribution is 0.981. The van der Waals surface area contributed by atoms with Gasteiger partial charge in [-0.1, -0.05) is 30.9 Å². The molecule has 1 aliphatic rings. The molecule has 104 valence electrons. The molecular formula is C17H21N3. The fourth-order valence-corrected chi connectivity index (χ4v) is 2.25. The lowest BCUT2D eigenvalue weighted by Crippen LogP contribution is -2.27. The van der Waals surface area contributed by atoms with E-state index in [1.165, 1.54) is 0 Å². The third-order valence-electron chi connectivity index (χ3n) is 3.22. The maximum Gasteiger partial charge on any atom is 0.131 e. The molecule has 0 bridgehead atoms. The van der Waals surface area contributed by atoms with E-state index in [0.29, 0.717) is 0 Å². The Hall–Kier alpha value is -2.29. The fraction of sp³-hybridized carbons (Fsp3) is 0.235. The molecule has 0 saturated carbocycles. The SMILES string of the molecule is C=CCN(C)c1ccccc1N(C=C)C1=NCCC=C1. The van der Waals surface area contributed by atoms with Crippen LogP contribution >= 0.6 is 0 Å². The summed E-state index contributed by atoms with van der Waals surface area (Å²) >= 11 is 0. The molecule has 0 spiro atoms. The average Bonchev–Trinajstić information content (AvgIpc) is 2.50. The first kappa shape index (κ1) is 14.1. The molecule has 0 radical (unpaired) electrons. The summed E-state index contributed by atoms with van der Waals surface area (Å²) in [5.41, 5.74) is 2.21. The van der Waals surface area contributed by atoms with Gasteiger partial charge in [0, 0.05) is 26.3 Å². The van der Waals surface area contributed by atoms with Gasteiger partial charge in [0.15, 0.2) is 0 Å². The summed E-state index contributed by atoms with van der Waals surface area (Å²) in [5.74, 6) is 0.936. The Morgan fingerprint density at radius 1 is 1.25 bits per heavy atom. The number of hydrogen-bond donors (Lipinski definition) is 0. The first-order valence-corrected chi connectivity index (χ1v) is 6.81. The molecule has 1 aromatic rings. The molecule has 0 unspecified atom stereocenters. The molecule has 0 saturated heterocycles. The number of dihydropyridines is 1. The first-order chi connectivity index (χ1) is 9.77. The highest BCUT2D eigenvalue weighted by Gasteiger charge is 2.15. The zero-order chi connectivity index (χ0) is 14.4. The van der Waals surface area contributed by atoms with Crippen molar-refractivity contribution in [3.8, 4) is 0 Å². The van der Waals surface area contributed by atoms with Crippen LogP contribution in [-0.4, -0.2) is 26.0 Å². The molecule has 0 atom stereocenters. The van der Waals surface area contributed by atoms with E-state index < -0.39 is 0 Å². The van der Waals surface area contributed by atoms with Gasteiger partial charge in [-0.15, -0.1) is 6.58 Å². The normalized spacial score (nSPS) is 13.6. The van der Waals surface area contributed by atoms with Gasteiger partial charge in [-0.3, -0.25) is 4.99 Å².